The molecule has 0 aliphatic heterocycles. The zero-order valence-corrected chi connectivity index (χ0v) is 17.8. The second-order valence-electron chi connectivity index (χ2n) is 9.72. The number of rotatable bonds is 10. The van der Waals surface area contributed by atoms with Crippen molar-refractivity contribution in [3.63, 3.8) is 0 Å². The van der Waals surface area contributed by atoms with E-state index in [0.717, 1.165) is 12.8 Å². The molecule has 4 nitrogen and oxygen atoms in total. The minimum atomic E-state index is -0.485. The predicted molar refractivity (Wildman–Crippen MR) is 102 cm³/mol. The maximum Gasteiger partial charge on any atom is 0.224 e. The Bertz CT molecular complexity index is 324. The average Bonchev–Trinajstić information content (AvgIpc) is 2.49. The Kier molecular flexibility index (Phi) is 9.38. The predicted octanol–water partition coefficient (Wildman–Crippen LogP) is 6.73. The Hall–Kier alpha value is -0.160. The normalized spacial score (nSPS) is 18.7. The molecule has 0 unspecified atom stereocenters. The van der Waals surface area contributed by atoms with Crippen molar-refractivity contribution in [2.24, 2.45) is 5.41 Å². The lowest BCUT2D eigenvalue weighted by Crippen LogP contribution is -2.30. The molecule has 1 fully saturated rings. The van der Waals surface area contributed by atoms with Gasteiger partial charge in [0.25, 0.3) is 0 Å². The van der Waals surface area contributed by atoms with Crippen molar-refractivity contribution in [2.75, 3.05) is 0 Å². The summed E-state index contributed by atoms with van der Waals surface area (Å²) in [6.07, 6.45) is 12.2. The fourth-order valence-corrected chi connectivity index (χ4v) is 3.61. The number of hydrogen-bond acceptors (Lipinski definition) is 4. The standard InChI is InChI=1S/C21H42O4/c1-8-14-21(15-10-9-11-16-21)17-12-13-18(22-24-19(2,3)4)23-25-20(5,6)7/h18H,8-17H2,1-7H3. The van der Waals surface area contributed by atoms with Crippen molar-refractivity contribution < 1.29 is 19.6 Å². The monoisotopic (exact) mass is 358 g/mol. The highest BCUT2D eigenvalue weighted by Crippen LogP contribution is 2.44. The first-order valence-corrected chi connectivity index (χ1v) is 10.2. The second-order valence-corrected chi connectivity index (χ2v) is 9.72. The van der Waals surface area contributed by atoms with Crippen LogP contribution in [0.1, 0.15) is 113 Å². The molecule has 1 aliphatic rings. The van der Waals surface area contributed by atoms with E-state index in [-0.39, 0.29) is 11.2 Å². The molecule has 4 heteroatoms. The van der Waals surface area contributed by atoms with Crippen molar-refractivity contribution in [2.45, 2.75) is 130 Å². The molecular weight excluding hydrogens is 316 g/mol. The third kappa shape index (κ3) is 10.5. The maximum absolute atomic E-state index is 5.54. The van der Waals surface area contributed by atoms with Crippen LogP contribution in [0.4, 0.5) is 0 Å². The molecule has 0 aromatic carbocycles. The van der Waals surface area contributed by atoms with E-state index < -0.39 is 6.29 Å². The van der Waals surface area contributed by atoms with Crippen LogP contribution in [0.2, 0.25) is 0 Å². The van der Waals surface area contributed by atoms with E-state index >= 15 is 0 Å². The van der Waals surface area contributed by atoms with Crippen LogP contribution in [0.15, 0.2) is 0 Å². The quantitative estimate of drug-likeness (QED) is 0.246. The van der Waals surface area contributed by atoms with Gasteiger partial charge in [-0.1, -0.05) is 32.6 Å². The van der Waals surface area contributed by atoms with E-state index in [1.165, 1.54) is 51.4 Å². The highest BCUT2D eigenvalue weighted by Gasteiger charge is 2.31. The Labute approximate surface area is 155 Å². The molecule has 0 N–H and O–H groups in total. The van der Waals surface area contributed by atoms with Crippen molar-refractivity contribution in [3.05, 3.63) is 0 Å². The highest BCUT2D eigenvalue weighted by molar-refractivity contribution is 4.82. The Balaban J connectivity index is 2.51. The molecule has 0 bridgehead atoms. The molecule has 0 radical (unpaired) electrons. The third-order valence-electron chi connectivity index (χ3n) is 4.65. The molecule has 0 spiro atoms. The fourth-order valence-electron chi connectivity index (χ4n) is 3.61. The molecule has 0 heterocycles. The second kappa shape index (κ2) is 10.2. The molecule has 0 amide bonds. The van der Waals surface area contributed by atoms with E-state index in [1.807, 2.05) is 41.5 Å². The van der Waals surface area contributed by atoms with Crippen LogP contribution >= 0.6 is 0 Å². The Morgan fingerprint density at radius 3 is 1.76 bits per heavy atom. The smallest absolute Gasteiger partial charge is 0.224 e. The van der Waals surface area contributed by atoms with Gasteiger partial charge in [0.05, 0.1) is 11.2 Å². The van der Waals surface area contributed by atoms with E-state index in [0.29, 0.717) is 5.41 Å². The van der Waals surface area contributed by atoms with Crippen molar-refractivity contribution in [1.82, 2.24) is 0 Å². The van der Waals surface area contributed by atoms with Gasteiger partial charge in [0, 0.05) is 6.42 Å². The van der Waals surface area contributed by atoms with Gasteiger partial charge in [-0.25, -0.2) is 19.6 Å². The summed E-state index contributed by atoms with van der Waals surface area (Å²) in [7, 11) is 0. The average molecular weight is 359 g/mol. The molecule has 0 atom stereocenters. The summed E-state index contributed by atoms with van der Waals surface area (Å²) in [6, 6.07) is 0. The van der Waals surface area contributed by atoms with Gasteiger partial charge >= 0.3 is 0 Å². The largest absolute Gasteiger partial charge is 0.228 e. The maximum atomic E-state index is 5.54. The van der Waals surface area contributed by atoms with Gasteiger partial charge in [-0.15, -0.1) is 0 Å². The zero-order chi connectivity index (χ0) is 19.0. The molecule has 150 valence electrons. The van der Waals surface area contributed by atoms with Gasteiger partial charge in [-0.3, -0.25) is 0 Å². The van der Waals surface area contributed by atoms with E-state index in [4.69, 9.17) is 19.6 Å². The summed E-state index contributed by atoms with van der Waals surface area (Å²) in [4.78, 5) is 22.0. The highest BCUT2D eigenvalue weighted by atomic mass is 17.3. The van der Waals surface area contributed by atoms with Crippen LogP contribution in [0.5, 0.6) is 0 Å². The van der Waals surface area contributed by atoms with Crippen LogP contribution in [-0.2, 0) is 19.6 Å². The zero-order valence-electron chi connectivity index (χ0n) is 17.8. The van der Waals surface area contributed by atoms with Crippen LogP contribution in [0.3, 0.4) is 0 Å². The van der Waals surface area contributed by atoms with Crippen LogP contribution in [-0.4, -0.2) is 17.5 Å². The summed E-state index contributed by atoms with van der Waals surface area (Å²) in [5.41, 5.74) is -0.195. The van der Waals surface area contributed by atoms with Gasteiger partial charge < -0.3 is 0 Å². The van der Waals surface area contributed by atoms with Crippen LogP contribution in [0.25, 0.3) is 0 Å². The van der Waals surface area contributed by atoms with Gasteiger partial charge in [-0.05, 0) is 79.1 Å². The first-order valence-electron chi connectivity index (χ1n) is 10.2. The summed E-state index contributed by atoms with van der Waals surface area (Å²) in [6.45, 7) is 14.1. The summed E-state index contributed by atoms with van der Waals surface area (Å²) >= 11 is 0. The fraction of sp³-hybridized carbons (Fsp3) is 1.00. The molecule has 1 saturated carbocycles. The first kappa shape index (κ1) is 22.9. The van der Waals surface area contributed by atoms with Crippen LogP contribution in [0, 0.1) is 5.41 Å². The summed E-state index contributed by atoms with van der Waals surface area (Å²) in [5, 5.41) is 0. The van der Waals surface area contributed by atoms with Crippen molar-refractivity contribution in [3.8, 4) is 0 Å². The molecule has 1 aliphatic carbocycles. The van der Waals surface area contributed by atoms with Gasteiger partial charge in [0.1, 0.15) is 0 Å². The van der Waals surface area contributed by atoms with Crippen LogP contribution < -0.4 is 0 Å². The summed E-state index contributed by atoms with van der Waals surface area (Å²) in [5.74, 6) is 0. The third-order valence-corrected chi connectivity index (χ3v) is 4.65. The molecule has 0 aromatic rings. The van der Waals surface area contributed by atoms with Gasteiger partial charge in [-0.2, -0.15) is 0 Å². The first-order chi connectivity index (χ1) is 11.6. The van der Waals surface area contributed by atoms with Crippen molar-refractivity contribution in [1.29, 1.82) is 0 Å². The van der Waals surface area contributed by atoms with Gasteiger partial charge in [0.15, 0.2) is 0 Å². The molecule has 25 heavy (non-hydrogen) atoms. The molecular formula is C21H42O4. The van der Waals surface area contributed by atoms with E-state index in [1.54, 1.807) is 0 Å². The van der Waals surface area contributed by atoms with Crippen molar-refractivity contribution >= 4 is 0 Å². The lowest BCUT2D eigenvalue weighted by molar-refractivity contribution is -0.498. The Morgan fingerprint density at radius 2 is 1.32 bits per heavy atom. The molecule has 0 saturated heterocycles. The minimum absolute atomic E-state index is 0.365. The van der Waals surface area contributed by atoms with E-state index in [9.17, 15) is 0 Å². The number of hydrogen-bond donors (Lipinski definition) is 0. The molecule has 1 rings (SSSR count). The molecule has 0 aromatic heterocycles. The minimum Gasteiger partial charge on any atom is -0.228 e. The van der Waals surface area contributed by atoms with E-state index in [2.05, 4.69) is 6.92 Å². The van der Waals surface area contributed by atoms with Gasteiger partial charge in [0.2, 0.25) is 6.29 Å². The SMILES string of the molecule is CCCC1(CCCC(OOC(C)(C)C)OOC(C)(C)C)CCCCC1. The summed E-state index contributed by atoms with van der Waals surface area (Å²) < 4.78 is 0. The Morgan fingerprint density at radius 1 is 0.800 bits per heavy atom. The lowest BCUT2D eigenvalue weighted by Gasteiger charge is -2.38. The lowest BCUT2D eigenvalue weighted by atomic mass is 9.68. The topological polar surface area (TPSA) is 36.9 Å².